The zero-order chi connectivity index (χ0) is 26.1. The van der Waals surface area contributed by atoms with Crippen LogP contribution in [0.1, 0.15) is 36.3 Å². The highest BCUT2D eigenvalue weighted by molar-refractivity contribution is 7.84. The average molecular weight is 549 g/mol. The van der Waals surface area contributed by atoms with Crippen molar-refractivity contribution >= 4 is 51.2 Å². The fourth-order valence-electron chi connectivity index (χ4n) is 3.92. The summed E-state index contributed by atoms with van der Waals surface area (Å²) in [5, 5.41) is 9.35. The number of nitrogen functional groups attached to an aromatic ring is 1. The summed E-state index contributed by atoms with van der Waals surface area (Å²) in [5.74, 6) is 1.23. The van der Waals surface area contributed by atoms with E-state index >= 15 is 0 Å². The maximum atomic E-state index is 12.5. The van der Waals surface area contributed by atoms with E-state index in [-0.39, 0.29) is 27.2 Å². The van der Waals surface area contributed by atoms with Crippen LogP contribution < -0.4 is 25.8 Å². The van der Waals surface area contributed by atoms with E-state index in [1.807, 2.05) is 0 Å². The molecule has 3 aromatic rings. The van der Waals surface area contributed by atoms with Crippen LogP contribution in [0.25, 0.3) is 0 Å². The van der Waals surface area contributed by atoms with E-state index in [2.05, 4.69) is 21.8 Å². The molecule has 0 bridgehead atoms. The molecular formula is C24H26Cl2N6O3S. The van der Waals surface area contributed by atoms with E-state index in [9.17, 15) is 4.21 Å². The van der Waals surface area contributed by atoms with Crippen molar-refractivity contribution < 1.29 is 13.7 Å². The van der Waals surface area contributed by atoms with Gasteiger partial charge in [-0.05, 0) is 25.5 Å². The van der Waals surface area contributed by atoms with Gasteiger partial charge in [-0.1, -0.05) is 23.2 Å². The largest absolute Gasteiger partial charge is 0.493 e. The van der Waals surface area contributed by atoms with Crippen molar-refractivity contribution in [2.75, 3.05) is 30.5 Å². The minimum absolute atomic E-state index is 0.0796. The molecule has 4 rings (SSSR count). The molecule has 190 valence electrons. The number of hydrogen-bond donors (Lipinski definition) is 3. The van der Waals surface area contributed by atoms with Gasteiger partial charge in [0, 0.05) is 65.9 Å². The minimum Gasteiger partial charge on any atom is -0.493 e. The Bertz CT molecular complexity index is 1340. The van der Waals surface area contributed by atoms with Gasteiger partial charge in [-0.3, -0.25) is 20.3 Å². The fraction of sp³-hybridized carbons (Fsp3) is 0.292. The number of hydrogen-bond acceptors (Lipinski definition) is 9. The molecule has 12 heteroatoms. The standard InChI is InChI=1S/C24H26Cl2N6O3S/c1-12-4-5-32(12)24-20(36(3)33)6-13(9-31-24)22(28)14-7-19(18(34-2)8-17(14)27)35-23(29)21-15(25)10-30-11-16(21)26/h6-12,23,28H,4-5,27,29H2,1-3H3/t12-,23+,36?/m1/s1. The van der Waals surface area contributed by atoms with Crippen LogP contribution in [-0.4, -0.2) is 45.8 Å². The average Bonchev–Trinajstić information content (AvgIpc) is 2.83. The number of rotatable bonds is 8. The van der Waals surface area contributed by atoms with Crippen molar-refractivity contribution in [3.8, 4) is 11.5 Å². The lowest BCUT2D eigenvalue weighted by Crippen LogP contribution is -2.46. The molecule has 1 saturated heterocycles. The van der Waals surface area contributed by atoms with Crippen molar-refractivity contribution in [2.24, 2.45) is 5.73 Å². The van der Waals surface area contributed by atoms with Crippen LogP contribution in [0, 0.1) is 5.41 Å². The summed E-state index contributed by atoms with van der Waals surface area (Å²) in [6.07, 6.45) is 6.04. The molecule has 3 heterocycles. The van der Waals surface area contributed by atoms with E-state index in [0.29, 0.717) is 39.2 Å². The third-order valence-corrected chi connectivity index (χ3v) is 7.58. The Morgan fingerprint density at radius 1 is 1.22 bits per heavy atom. The maximum Gasteiger partial charge on any atom is 0.177 e. The fourth-order valence-corrected chi connectivity index (χ4v) is 5.22. The molecule has 9 nitrogen and oxygen atoms in total. The third-order valence-electron chi connectivity index (χ3n) is 6.06. The molecule has 1 aromatic carbocycles. The first-order valence-electron chi connectivity index (χ1n) is 11.0. The van der Waals surface area contributed by atoms with Gasteiger partial charge in [0.2, 0.25) is 0 Å². The van der Waals surface area contributed by atoms with Crippen LogP contribution >= 0.6 is 23.2 Å². The highest BCUT2D eigenvalue weighted by atomic mass is 35.5. The number of aromatic nitrogens is 2. The van der Waals surface area contributed by atoms with Crippen LogP contribution in [0.5, 0.6) is 11.5 Å². The molecule has 1 unspecified atom stereocenters. The molecule has 1 fully saturated rings. The minimum atomic E-state index is -1.30. The summed E-state index contributed by atoms with van der Waals surface area (Å²) in [6.45, 7) is 2.95. The van der Waals surface area contributed by atoms with Gasteiger partial charge in [0.15, 0.2) is 17.7 Å². The number of pyridine rings is 2. The highest BCUT2D eigenvalue weighted by Gasteiger charge is 2.28. The molecule has 0 radical (unpaired) electrons. The van der Waals surface area contributed by atoms with Gasteiger partial charge >= 0.3 is 0 Å². The maximum absolute atomic E-state index is 12.5. The Hall–Kier alpha value is -2.92. The molecule has 1 aliphatic heterocycles. The van der Waals surface area contributed by atoms with E-state index in [4.69, 9.17) is 49.6 Å². The molecule has 3 atom stereocenters. The van der Waals surface area contributed by atoms with E-state index < -0.39 is 17.0 Å². The lowest BCUT2D eigenvalue weighted by molar-refractivity contribution is 0.204. The first kappa shape index (κ1) is 26.2. The lowest BCUT2D eigenvalue weighted by atomic mass is 10.0. The lowest BCUT2D eigenvalue weighted by Gasteiger charge is -2.40. The number of nitrogens with zero attached hydrogens (tertiary/aromatic N) is 3. The number of benzene rings is 1. The normalized spacial score (nSPS) is 16.7. The molecule has 0 aliphatic carbocycles. The summed E-state index contributed by atoms with van der Waals surface area (Å²) in [6, 6.07) is 5.16. The summed E-state index contributed by atoms with van der Waals surface area (Å²) in [4.78, 5) is 11.1. The Balaban J connectivity index is 1.70. The Labute approximate surface area is 221 Å². The monoisotopic (exact) mass is 548 g/mol. The Morgan fingerprint density at radius 3 is 2.47 bits per heavy atom. The molecule has 36 heavy (non-hydrogen) atoms. The van der Waals surface area contributed by atoms with E-state index in [0.717, 1.165) is 13.0 Å². The quantitative estimate of drug-likeness (QED) is 0.216. The van der Waals surface area contributed by atoms with Crippen LogP contribution in [0.2, 0.25) is 10.0 Å². The van der Waals surface area contributed by atoms with Crippen LogP contribution in [0.4, 0.5) is 11.5 Å². The van der Waals surface area contributed by atoms with Crippen molar-refractivity contribution in [2.45, 2.75) is 30.5 Å². The van der Waals surface area contributed by atoms with Gasteiger partial charge < -0.3 is 20.1 Å². The Morgan fingerprint density at radius 2 is 1.92 bits per heavy atom. The molecular weight excluding hydrogens is 523 g/mol. The predicted molar refractivity (Wildman–Crippen MR) is 143 cm³/mol. The second kappa shape index (κ2) is 10.6. The summed E-state index contributed by atoms with van der Waals surface area (Å²) in [5.41, 5.74) is 14.1. The number of halogens is 2. The summed E-state index contributed by atoms with van der Waals surface area (Å²) < 4.78 is 23.9. The first-order chi connectivity index (χ1) is 17.1. The Kier molecular flexibility index (Phi) is 7.70. The molecule has 1 aliphatic rings. The zero-order valence-electron chi connectivity index (χ0n) is 19.9. The number of nitrogens with one attached hydrogen (secondary N) is 1. The zero-order valence-corrected chi connectivity index (χ0v) is 22.2. The summed E-state index contributed by atoms with van der Waals surface area (Å²) >= 11 is 12.4. The van der Waals surface area contributed by atoms with Crippen LogP contribution in [-0.2, 0) is 10.8 Å². The summed E-state index contributed by atoms with van der Waals surface area (Å²) in [7, 11) is 0.166. The van der Waals surface area contributed by atoms with Crippen molar-refractivity contribution in [3.05, 3.63) is 63.5 Å². The second-order valence-corrected chi connectivity index (χ2v) is 10.5. The molecule has 0 spiro atoms. The van der Waals surface area contributed by atoms with Gasteiger partial charge in [0.05, 0.1) is 38.6 Å². The van der Waals surface area contributed by atoms with Crippen molar-refractivity contribution in [3.63, 3.8) is 0 Å². The van der Waals surface area contributed by atoms with E-state index in [1.54, 1.807) is 30.7 Å². The second-order valence-electron chi connectivity index (χ2n) is 8.35. The first-order valence-corrected chi connectivity index (χ1v) is 13.3. The van der Waals surface area contributed by atoms with E-state index in [1.165, 1.54) is 19.5 Å². The number of methoxy groups -OCH3 is 1. The van der Waals surface area contributed by atoms with Crippen LogP contribution in [0.3, 0.4) is 0 Å². The number of anilines is 2. The van der Waals surface area contributed by atoms with Crippen molar-refractivity contribution in [1.29, 1.82) is 5.41 Å². The van der Waals surface area contributed by atoms with Crippen LogP contribution in [0.15, 0.2) is 41.7 Å². The predicted octanol–water partition coefficient (Wildman–Crippen LogP) is 4.16. The smallest absolute Gasteiger partial charge is 0.177 e. The molecule has 5 N–H and O–H groups in total. The van der Waals surface area contributed by atoms with Gasteiger partial charge in [0.1, 0.15) is 5.82 Å². The van der Waals surface area contributed by atoms with Crippen molar-refractivity contribution in [1.82, 2.24) is 9.97 Å². The highest BCUT2D eigenvalue weighted by Crippen LogP contribution is 2.38. The topological polar surface area (TPSA) is 140 Å². The molecule has 0 amide bonds. The van der Waals surface area contributed by atoms with Gasteiger partial charge in [-0.25, -0.2) is 4.98 Å². The third kappa shape index (κ3) is 4.99. The number of nitrogens with two attached hydrogens (primary N) is 2. The number of ether oxygens (including phenoxy) is 2. The van der Waals surface area contributed by atoms with Gasteiger partial charge in [-0.15, -0.1) is 0 Å². The van der Waals surface area contributed by atoms with Gasteiger partial charge in [-0.2, -0.15) is 0 Å². The molecule has 0 saturated carbocycles. The van der Waals surface area contributed by atoms with Gasteiger partial charge in [0.25, 0.3) is 0 Å². The molecule has 2 aromatic heterocycles. The SMILES string of the molecule is COc1cc(N)c(C(=N)c2cnc(N3CC[C@H]3C)c(S(C)=O)c2)cc1O[C@H](N)c1c(Cl)cncc1Cl.